The summed E-state index contributed by atoms with van der Waals surface area (Å²) in [5, 5.41) is 1.03. The van der Waals surface area contributed by atoms with E-state index in [1.54, 1.807) is 0 Å². The highest BCUT2D eigenvalue weighted by atomic mass is 16.5. The molecule has 1 aliphatic heterocycles. The van der Waals surface area contributed by atoms with E-state index in [0.29, 0.717) is 12.3 Å². The van der Waals surface area contributed by atoms with Crippen LogP contribution in [0.3, 0.4) is 0 Å². The molecule has 1 N–H and O–H groups in total. The molecule has 0 spiro atoms. The van der Waals surface area contributed by atoms with Gasteiger partial charge in [0.25, 0.3) is 5.91 Å². The van der Waals surface area contributed by atoms with Crippen LogP contribution in [0.25, 0.3) is 10.9 Å². The molecular formula is C23H26N2O2. The van der Waals surface area contributed by atoms with Crippen molar-refractivity contribution in [3.63, 3.8) is 0 Å². The molecule has 2 unspecified atom stereocenters. The number of benzene rings is 2. The van der Waals surface area contributed by atoms with Crippen LogP contribution in [0, 0.1) is 0 Å². The number of hydrogen-bond acceptors (Lipinski definition) is 2. The lowest BCUT2D eigenvalue weighted by Gasteiger charge is -2.38. The third-order valence-electron chi connectivity index (χ3n) is 5.50. The van der Waals surface area contributed by atoms with Crippen LogP contribution in [-0.2, 0) is 6.61 Å². The van der Waals surface area contributed by atoms with Crippen LogP contribution < -0.4 is 4.74 Å². The Bertz CT molecular complexity index is 922. The molecule has 0 bridgehead atoms. The maximum absolute atomic E-state index is 13.0. The first-order valence-electron chi connectivity index (χ1n) is 9.74. The largest absolute Gasteiger partial charge is 0.489 e. The minimum absolute atomic E-state index is 0.0950. The van der Waals surface area contributed by atoms with Crippen molar-refractivity contribution in [2.45, 2.75) is 51.8 Å². The number of aromatic nitrogens is 1. The minimum Gasteiger partial charge on any atom is -0.489 e. The number of nitrogens with one attached hydrogen (secondary N) is 1. The second kappa shape index (κ2) is 7.47. The van der Waals surface area contributed by atoms with Crippen LogP contribution in [0.5, 0.6) is 5.75 Å². The highest BCUT2D eigenvalue weighted by Crippen LogP contribution is 2.27. The monoisotopic (exact) mass is 362 g/mol. The van der Waals surface area contributed by atoms with E-state index in [2.05, 4.69) is 18.8 Å². The average Bonchev–Trinajstić information content (AvgIpc) is 3.10. The minimum atomic E-state index is 0.0950. The lowest BCUT2D eigenvalue weighted by Crippen LogP contribution is -2.47. The van der Waals surface area contributed by atoms with E-state index in [1.165, 1.54) is 6.42 Å². The summed E-state index contributed by atoms with van der Waals surface area (Å²) >= 11 is 0. The highest BCUT2D eigenvalue weighted by Gasteiger charge is 2.30. The number of carbonyl (C=O) groups is 1. The Morgan fingerprint density at radius 1 is 1.07 bits per heavy atom. The molecule has 1 amide bonds. The maximum Gasteiger partial charge on any atom is 0.270 e. The third kappa shape index (κ3) is 3.70. The number of H-pyrrole nitrogens is 1. The van der Waals surface area contributed by atoms with Gasteiger partial charge in [-0.05, 0) is 56.9 Å². The molecule has 4 heteroatoms. The Hall–Kier alpha value is -2.75. The number of likely N-dealkylation sites (tertiary alicyclic amines) is 1. The van der Waals surface area contributed by atoms with E-state index < -0.39 is 0 Å². The van der Waals surface area contributed by atoms with Crippen LogP contribution in [0.4, 0.5) is 0 Å². The molecule has 1 aliphatic rings. The second-order valence-corrected chi connectivity index (χ2v) is 7.55. The van der Waals surface area contributed by atoms with Crippen LogP contribution in [0.2, 0.25) is 0 Å². The molecule has 27 heavy (non-hydrogen) atoms. The van der Waals surface area contributed by atoms with Gasteiger partial charge >= 0.3 is 0 Å². The Morgan fingerprint density at radius 2 is 1.81 bits per heavy atom. The Labute approximate surface area is 160 Å². The highest BCUT2D eigenvalue weighted by molar-refractivity contribution is 5.98. The van der Waals surface area contributed by atoms with Gasteiger partial charge in [0, 0.05) is 29.1 Å². The first kappa shape index (κ1) is 17.7. The SMILES string of the molecule is CC1CCCC(C)N1C(=O)c1cc2ccc(OCc3ccccc3)cc2[nH]1. The van der Waals surface area contributed by atoms with Gasteiger partial charge in [0.1, 0.15) is 18.1 Å². The summed E-state index contributed by atoms with van der Waals surface area (Å²) in [7, 11) is 0. The summed E-state index contributed by atoms with van der Waals surface area (Å²) in [4.78, 5) is 18.4. The molecule has 0 saturated carbocycles. The Balaban J connectivity index is 1.53. The van der Waals surface area contributed by atoms with Crippen molar-refractivity contribution in [3.05, 3.63) is 65.9 Å². The Morgan fingerprint density at radius 3 is 2.56 bits per heavy atom. The molecule has 4 rings (SSSR count). The van der Waals surface area contributed by atoms with E-state index in [-0.39, 0.29) is 18.0 Å². The lowest BCUT2D eigenvalue weighted by atomic mass is 9.97. The first-order valence-corrected chi connectivity index (χ1v) is 9.74. The summed E-state index contributed by atoms with van der Waals surface area (Å²) in [6.45, 7) is 4.82. The number of hydrogen-bond donors (Lipinski definition) is 1. The van der Waals surface area contributed by atoms with Gasteiger partial charge in [0.15, 0.2) is 0 Å². The van der Waals surface area contributed by atoms with Crippen molar-refractivity contribution in [1.82, 2.24) is 9.88 Å². The molecule has 0 aliphatic carbocycles. The summed E-state index contributed by atoms with van der Waals surface area (Å²) in [6, 6.07) is 18.6. The number of fused-ring (bicyclic) bond motifs is 1. The van der Waals surface area contributed by atoms with Gasteiger partial charge in [-0.3, -0.25) is 4.79 Å². The van der Waals surface area contributed by atoms with Crippen molar-refractivity contribution >= 4 is 16.8 Å². The van der Waals surface area contributed by atoms with Gasteiger partial charge in [-0.25, -0.2) is 0 Å². The molecule has 3 aromatic rings. The zero-order chi connectivity index (χ0) is 18.8. The molecule has 2 aromatic carbocycles. The van der Waals surface area contributed by atoms with Crippen molar-refractivity contribution in [3.8, 4) is 5.75 Å². The fourth-order valence-corrected chi connectivity index (χ4v) is 4.01. The molecule has 140 valence electrons. The summed E-state index contributed by atoms with van der Waals surface area (Å²) < 4.78 is 5.90. The van der Waals surface area contributed by atoms with Crippen molar-refractivity contribution in [1.29, 1.82) is 0 Å². The predicted molar refractivity (Wildman–Crippen MR) is 108 cm³/mol. The number of rotatable bonds is 4. The quantitative estimate of drug-likeness (QED) is 0.697. The number of ether oxygens (including phenoxy) is 1. The normalized spacial score (nSPS) is 20.0. The molecule has 2 heterocycles. The zero-order valence-electron chi connectivity index (χ0n) is 15.9. The molecular weight excluding hydrogens is 336 g/mol. The van der Waals surface area contributed by atoms with E-state index in [0.717, 1.165) is 35.1 Å². The molecule has 1 fully saturated rings. The molecule has 0 radical (unpaired) electrons. The van der Waals surface area contributed by atoms with Gasteiger partial charge in [-0.2, -0.15) is 0 Å². The fraction of sp³-hybridized carbons (Fsp3) is 0.348. The average molecular weight is 362 g/mol. The topological polar surface area (TPSA) is 45.3 Å². The maximum atomic E-state index is 13.0. The molecule has 1 aromatic heterocycles. The first-order chi connectivity index (χ1) is 13.1. The van der Waals surface area contributed by atoms with E-state index in [9.17, 15) is 4.79 Å². The van der Waals surface area contributed by atoms with Crippen LogP contribution >= 0.6 is 0 Å². The standard InChI is InChI=1S/C23H26N2O2/c1-16-7-6-8-17(2)25(16)23(26)22-13-19-11-12-20(14-21(19)24-22)27-15-18-9-4-3-5-10-18/h3-5,9-14,16-17,24H,6-8,15H2,1-2H3. The number of carbonyl (C=O) groups excluding carboxylic acids is 1. The van der Waals surface area contributed by atoms with E-state index in [4.69, 9.17) is 4.74 Å². The number of amides is 1. The molecule has 4 nitrogen and oxygen atoms in total. The third-order valence-corrected chi connectivity index (χ3v) is 5.50. The molecule has 2 atom stereocenters. The van der Waals surface area contributed by atoms with Gasteiger partial charge in [0.05, 0.1) is 0 Å². The van der Waals surface area contributed by atoms with E-state index in [1.807, 2.05) is 59.5 Å². The predicted octanol–water partition coefficient (Wildman–Crippen LogP) is 5.15. The van der Waals surface area contributed by atoms with Crippen molar-refractivity contribution in [2.24, 2.45) is 0 Å². The molecule has 1 saturated heterocycles. The van der Waals surface area contributed by atoms with Gasteiger partial charge < -0.3 is 14.6 Å². The van der Waals surface area contributed by atoms with Crippen LogP contribution in [-0.4, -0.2) is 27.9 Å². The zero-order valence-corrected chi connectivity index (χ0v) is 15.9. The summed E-state index contributed by atoms with van der Waals surface area (Å²) in [5.41, 5.74) is 2.72. The van der Waals surface area contributed by atoms with Gasteiger partial charge in [-0.1, -0.05) is 30.3 Å². The van der Waals surface area contributed by atoms with Crippen LogP contribution in [0.15, 0.2) is 54.6 Å². The number of nitrogens with zero attached hydrogens (tertiary/aromatic N) is 1. The second-order valence-electron chi connectivity index (χ2n) is 7.55. The summed E-state index contributed by atoms with van der Waals surface area (Å²) in [5.74, 6) is 0.893. The summed E-state index contributed by atoms with van der Waals surface area (Å²) in [6.07, 6.45) is 3.35. The van der Waals surface area contributed by atoms with Gasteiger partial charge in [0.2, 0.25) is 0 Å². The smallest absolute Gasteiger partial charge is 0.270 e. The van der Waals surface area contributed by atoms with Crippen molar-refractivity contribution in [2.75, 3.05) is 0 Å². The van der Waals surface area contributed by atoms with Gasteiger partial charge in [-0.15, -0.1) is 0 Å². The van der Waals surface area contributed by atoms with Crippen LogP contribution in [0.1, 0.15) is 49.2 Å². The number of aromatic amines is 1. The number of piperidine rings is 1. The lowest BCUT2D eigenvalue weighted by molar-refractivity contribution is 0.0505. The van der Waals surface area contributed by atoms with Crippen molar-refractivity contribution < 1.29 is 9.53 Å². The fourth-order valence-electron chi connectivity index (χ4n) is 4.01. The van der Waals surface area contributed by atoms with E-state index >= 15 is 0 Å². The Kier molecular flexibility index (Phi) is 4.88.